The summed E-state index contributed by atoms with van der Waals surface area (Å²) in [5.41, 5.74) is 1.41. The number of benzene rings is 1. The fourth-order valence-corrected chi connectivity index (χ4v) is 1.98. The van der Waals surface area contributed by atoms with Crippen molar-refractivity contribution in [3.8, 4) is 0 Å². The first kappa shape index (κ1) is 11.1. The van der Waals surface area contributed by atoms with Gasteiger partial charge in [0.05, 0.1) is 12.1 Å². The predicted molar refractivity (Wildman–Crippen MR) is 67.9 cm³/mol. The standard InChI is InChI=1S/C12H11BrN2O/c1-2-16-12(14)11-9(13)7-8-5-3-4-6-10(8)15-11/h3-7,14H,2H2,1H3. The highest BCUT2D eigenvalue weighted by Gasteiger charge is 2.10. The largest absolute Gasteiger partial charge is 0.477 e. The molecule has 0 radical (unpaired) electrons. The van der Waals surface area contributed by atoms with Crippen LogP contribution in [0.4, 0.5) is 0 Å². The van der Waals surface area contributed by atoms with Crippen LogP contribution in [-0.2, 0) is 4.74 Å². The van der Waals surface area contributed by atoms with Gasteiger partial charge in [-0.05, 0) is 35.0 Å². The molecule has 4 heteroatoms. The second-order valence-electron chi connectivity index (χ2n) is 3.27. The molecule has 0 saturated heterocycles. The van der Waals surface area contributed by atoms with Crippen LogP contribution in [-0.4, -0.2) is 17.5 Å². The van der Waals surface area contributed by atoms with Gasteiger partial charge in [0.25, 0.3) is 0 Å². The van der Waals surface area contributed by atoms with Crippen LogP contribution in [0.15, 0.2) is 34.8 Å². The van der Waals surface area contributed by atoms with Crippen molar-refractivity contribution >= 4 is 32.7 Å². The summed E-state index contributed by atoms with van der Waals surface area (Å²) >= 11 is 3.40. The molecule has 0 unspecified atom stereocenters. The Morgan fingerprint density at radius 2 is 2.19 bits per heavy atom. The van der Waals surface area contributed by atoms with Gasteiger partial charge in [0.15, 0.2) is 0 Å². The zero-order valence-electron chi connectivity index (χ0n) is 8.83. The highest BCUT2D eigenvalue weighted by Crippen LogP contribution is 2.21. The molecular weight excluding hydrogens is 268 g/mol. The van der Waals surface area contributed by atoms with E-state index < -0.39 is 0 Å². The Kier molecular flexibility index (Phi) is 3.19. The molecule has 82 valence electrons. The van der Waals surface area contributed by atoms with Crippen LogP contribution in [0.5, 0.6) is 0 Å². The van der Waals surface area contributed by atoms with E-state index in [2.05, 4.69) is 20.9 Å². The fourth-order valence-electron chi connectivity index (χ4n) is 1.46. The molecule has 1 aromatic heterocycles. The molecule has 1 N–H and O–H groups in total. The van der Waals surface area contributed by atoms with Crippen LogP contribution in [0.3, 0.4) is 0 Å². The first-order chi connectivity index (χ1) is 7.72. The van der Waals surface area contributed by atoms with Gasteiger partial charge in [-0.15, -0.1) is 0 Å². The third-order valence-electron chi connectivity index (χ3n) is 2.18. The first-order valence-corrected chi connectivity index (χ1v) is 5.78. The molecule has 1 aromatic carbocycles. The molecule has 2 aromatic rings. The quantitative estimate of drug-likeness (QED) is 0.676. The topological polar surface area (TPSA) is 46.0 Å². The van der Waals surface area contributed by atoms with Crippen molar-refractivity contribution in [2.75, 3.05) is 6.61 Å². The number of nitrogens with one attached hydrogen (secondary N) is 1. The summed E-state index contributed by atoms with van der Waals surface area (Å²) in [4.78, 5) is 4.40. The Hall–Kier alpha value is -1.42. The third-order valence-corrected chi connectivity index (χ3v) is 2.79. The van der Waals surface area contributed by atoms with E-state index in [4.69, 9.17) is 10.1 Å². The van der Waals surface area contributed by atoms with Gasteiger partial charge >= 0.3 is 0 Å². The normalized spacial score (nSPS) is 10.4. The molecular formula is C12H11BrN2O. The number of fused-ring (bicyclic) bond motifs is 1. The van der Waals surface area contributed by atoms with E-state index in [9.17, 15) is 0 Å². The molecule has 1 heterocycles. The number of rotatable bonds is 2. The summed E-state index contributed by atoms with van der Waals surface area (Å²) in [5.74, 6) is 0.0973. The van der Waals surface area contributed by atoms with Crippen LogP contribution >= 0.6 is 15.9 Å². The van der Waals surface area contributed by atoms with Crippen molar-refractivity contribution in [1.29, 1.82) is 5.41 Å². The number of hydrogen-bond acceptors (Lipinski definition) is 3. The molecule has 2 rings (SSSR count). The number of nitrogens with zero attached hydrogens (tertiary/aromatic N) is 1. The van der Waals surface area contributed by atoms with Gasteiger partial charge in [0.1, 0.15) is 5.69 Å². The molecule has 0 amide bonds. The minimum atomic E-state index is 0.0973. The molecule has 3 nitrogen and oxygen atoms in total. The number of pyridine rings is 1. The van der Waals surface area contributed by atoms with Crippen LogP contribution in [0.1, 0.15) is 12.6 Å². The molecule has 0 fully saturated rings. The molecule has 16 heavy (non-hydrogen) atoms. The summed E-state index contributed by atoms with van der Waals surface area (Å²) in [6.07, 6.45) is 0. The Balaban J connectivity index is 2.54. The summed E-state index contributed by atoms with van der Waals surface area (Å²) in [6, 6.07) is 9.75. The minimum Gasteiger partial charge on any atom is -0.477 e. The number of hydrogen-bond donors (Lipinski definition) is 1. The molecule has 0 saturated carbocycles. The lowest BCUT2D eigenvalue weighted by molar-refractivity contribution is 0.324. The lowest BCUT2D eigenvalue weighted by atomic mass is 10.2. The Morgan fingerprint density at radius 1 is 1.44 bits per heavy atom. The maximum atomic E-state index is 7.73. The number of ether oxygens (including phenoxy) is 1. The van der Waals surface area contributed by atoms with Gasteiger partial charge in [-0.1, -0.05) is 18.2 Å². The van der Waals surface area contributed by atoms with Crippen LogP contribution in [0, 0.1) is 5.41 Å². The maximum absolute atomic E-state index is 7.73. The predicted octanol–water partition coefficient (Wildman–Crippen LogP) is 3.36. The molecule has 0 atom stereocenters. The van der Waals surface area contributed by atoms with E-state index in [0.717, 1.165) is 15.4 Å². The van der Waals surface area contributed by atoms with Gasteiger partial charge in [0, 0.05) is 9.86 Å². The average Bonchev–Trinajstić information content (AvgIpc) is 2.28. The lowest BCUT2D eigenvalue weighted by Crippen LogP contribution is -2.08. The van der Waals surface area contributed by atoms with Gasteiger partial charge < -0.3 is 4.74 Å². The van der Waals surface area contributed by atoms with Crippen molar-refractivity contribution in [1.82, 2.24) is 4.98 Å². The van der Waals surface area contributed by atoms with Crippen LogP contribution in [0.2, 0.25) is 0 Å². The van der Waals surface area contributed by atoms with Gasteiger partial charge in [-0.3, -0.25) is 5.41 Å². The van der Waals surface area contributed by atoms with Crippen LogP contribution < -0.4 is 0 Å². The monoisotopic (exact) mass is 278 g/mol. The Labute approximate surface area is 102 Å². The van der Waals surface area contributed by atoms with E-state index in [1.807, 2.05) is 37.3 Å². The third kappa shape index (κ3) is 2.07. The molecule has 0 aliphatic heterocycles. The number of halogens is 1. The summed E-state index contributed by atoms with van der Waals surface area (Å²) in [6.45, 7) is 2.32. The van der Waals surface area contributed by atoms with Crippen molar-refractivity contribution in [3.05, 3.63) is 40.5 Å². The van der Waals surface area contributed by atoms with E-state index >= 15 is 0 Å². The average molecular weight is 279 g/mol. The number of aromatic nitrogens is 1. The molecule has 0 spiro atoms. The van der Waals surface area contributed by atoms with E-state index in [1.54, 1.807) is 0 Å². The van der Waals surface area contributed by atoms with E-state index in [0.29, 0.717) is 12.3 Å². The second kappa shape index (κ2) is 4.61. The van der Waals surface area contributed by atoms with E-state index in [-0.39, 0.29) is 5.90 Å². The SMILES string of the molecule is CCOC(=N)c1nc2ccccc2cc1Br. The first-order valence-electron chi connectivity index (χ1n) is 4.99. The smallest absolute Gasteiger partial charge is 0.233 e. The van der Waals surface area contributed by atoms with Crippen molar-refractivity contribution in [3.63, 3.8) is 0 Å². The van der Waals surface area contributed by atoms with E-state index in [1.165, 1.54) is 0 Å². The highest BCUT2D eigenvalue weighted by molar-refractivity contribution is 9.10. The summed E-state index contributed by atoms with van der Waals surface area (Å²) in [5, 5.41) is 8.77. The van der Waals surface area contributed by atoms with Crippen LogP contribution in [0.25, 0.3) is 10.9 Å². The molecule has 0 aliphatic rings. The molecule has 0 aliphatic carbocycles. The molecule has 0 bridgehead atoms. The van der Waals surface area contributed by atoms with Crippen molar-refractivity contribution in [2.24, 2.45) is 0 Å². The fraction of sp³-hybridized carbons (Fsp3) is 0.167. The Morgan fingerprint density at radius 3 is 2.94 bits per heavy atom. The minimum absolute atomic E-state index is 0.0973. The van der Waals surface area contributed by atoms with Crippen molar-refractivity contribution < 1.29 is 4.74 Å². The van der Waals surface area contributed by atoms with Gasteiger partial charge in [-0.2, -0.15) is 0 Å². The van der Waals surface area contributed by atoms with Gasteiger partial charge in [-0.25, -0.2) is 4.98 Å². The summed E-state index contributed by atoms with van der Waals surface area (Å²) in [7, 11) is 0. The summed E-state index contributed by atoms with van der Waals surface area (Å²) < 4.78 is 5.93. The maximum Gasteiger partial charge on any atom is 0.233 e. The zero-order valence-corrected chi connectivity index (χ0v) is 10.4. The zero-order chi connectivity index (χ0) is 11.5. The second-order valence-corrected chi connectivity index (χ2v) is 4.13. The van der Waals surface area contributed by atoms with Crippen molar-refractivity contribution in [2.45, 2.75) is 6.92 Å². The Bertz CT molecular complexity index is 540. The lowest BCUT2D eigenvalue weighted by Gasteiger charge is -2.07. The number of para-hydroxylation sites is 1. The van der Waals surface area contributed by atoms with Gasteiger partial charge in [0.2, 0.25) is 5.90 Å². The highest BCUT2D eigenvalue weighted by atomic mass is 79.9.